The monoisotopic (exact) mass is 438 g/mol. The van der Waals surface area contributed by atoms with Crippen molar-refractivity contribution in [1.82, 2.24) is 4.90 Å². The van der Waals surface area contributed by atoms with E-state index < -0.39 is 10.0 Å². The fraction of sp³-hybridized carbons (Fsp3) is 0.318. The van der Waals surface area contributed by atoms with Gasteiger partial charge in [0.25, 0.3) is 15.9 Å². The van der Waals surface area contributed by atoms with Gasteiger partial charge in [-0.3, -0.25) is 4.79 Å². The summed E-state index contributed by atoms with van der Waals surface area (Å²) in [4.78, 5) is 15.0. The van der Waals surface area contributed by atoms with Crippen LogP contribution < -0.4 is 5.32 Å². The van der Waals surface area contributed by atoms with E-state index in [4.69, 9.17) is 10.00 Å². The van der Waals surface area contributed by atoms with E-state index in [9.17, 15) is 13.2 Å². The Labute approximate surface area is 181 Å². The Morgan fingerprint density at radius 2 is 1.87 bits per heavy atom. The number of sulfonamides is 1. The third-order valence-electron chi connectivity index (χ3n) is 5.38. The second-order valence-corrected chi connectivity index (χ2v) is 8.94. The summed E-state index contributed by atoms with van der Waals surface area (Å²) >= 11 is 0. The number of nitriles is 1. The van der Waals surface area contributed by atoms with Crippen LogP contribution in [-0.4, -0.2) is 50.9 Å². The number of hydrogen-bond acceptors (Lipinski definition) is 6. The highest BCUT2D eigenvalue weighted by atomic mass is 32.2. The molecule has 2 heterocycles. The molecule has 31 heavy (non-hydrogen) atoms. The highest BCUT2D eigenvalue weighted by Gasteiger charge is 2.29. The first kappa shape index (κ1) is 21.0. The van der Waals surface area contributed by atoms with Crippen molar-refractivity contribution < 1.29 is 17.9 Å². The Balaban J connectivity index is 1.51. The molecule has 0 bridgehead atoms. The van der Waals surface area contributed by atoms with E-state index in [1.165, 1.54) is 6.07 Å². The molecule has 2 aliphatic heterocycles. The summed E-state index contributed by atoms with van der Waals surface area (Å²) in [6, 6.07) is 15.6. The van der Waals surface area contributed by atoms with Crippen LogP contribution in [0, 0.1) is 11.3 Å². The molecule has 1 N–H and O–H groups in total. The van der Waals surface area contributed by atoms with Crippen molar-refractivity contribution in [2.45, 2.75) is 30.2 Å². The fourth-order valence-corrected chi connectivity index (χ4v) is 4.99. The molecule has 2 aromatic rings. The highest BCUT2D eigenvalue weighted by Crippen LogP contribution is 2.27. The van der Waals surface area contributed by atoms with E-state index in [2.05, 4.69) is 15.8 Å². The van der Waals surface area contributed by atoms with Gasteiger partial charge < -0.3 is 15.0 Å². The molecule has 0 unspecified atom stereocenters. The van der Waals surface area contributed by atoms with Crippen LogP contribution in [0.25, 0.3) is 0 Å². The van der Waals surface area contributed by atoms with Gasteiger partial charge in [-0.2, -0.15) is 13.7 Å². The lowest BCUT2D eigenvalue weighted by Crippen LogP contribution is -2.43. The molecule has 160 valence electrons. The number of rotatable bonds is 5. The maximum absolute atomic E-state index is 13.1. The van der Waals surface area contributed by atoms with Gasteiger partial charge in [0.15, 0.2) is 5.84 Å². The predicted molar refractivity (Wildman–Crippen MR) is 115 cm³/mol. The standard InChI is InChI=1S/C22H22N4O4S/c23-12-3-13-26(18-10-14-30-15-11-18)22(27)16-6-8-17(9-7-16)24-21-19-4-1-2-5-20(19)31(28,29)25-21/h1-2,4-9,18H,3,10-11,13-15H2,(H,24,25). The molecule has 2 aromatic carbocycles. The molecule has 9 heteroatoms. The normalized spacial score (nSPS) is 17.3. The van der Waals surface area contributed by atoms with Crippen molar-refractivity contribution in [3.8, 4) is 6.07 Å². The SMILES string of the molecule is N#CCCN(C(=O)c1ccc(NC2=NS(=O)(=O)c3ccccc32)cc1)C1CCOCC1. The van der Waals surface area contributed by atoms with Crippen LogP contribution in [-0.2, 0) is 14.8 Å². The van der Waals surface area contributed by atoms with Crippen LogP contribution in [0.5, 0.6) is 0 Å². The van der Waals surface area contributed by atoms with Crippen LogP contribution in [0.2, 0.25) is 0 Å². The topological polar surface area (TPSA) is 112 Å². The Bertz CT molecular complexity index is 1150. The number of anilines is 1. The third kappa shape index (κ3) is 4.45. The Hall–Kier alpha value is -3.22. The predicted octanol–water partition coefficient (Wildman–Crippen LogP) is 2.78. The van der Waals surface area contributed by atoms with E-state index in [1.807, 2.05) is 0 Å². The number of amides is 1. The summed E-state index contributed by atoms with van der Waals surface area (Å²) in [6.07, 6.45) is 1.78. The summed E-state index contributed by atoms with van der Waals surface area (Å²) in [5.41, 5.74) is 1.65. The van der Waals surface area contributed by atoms with Crippen LogP contribution >= 0.6 is 0 Å². The number of carbonyl (C=O) groups is 1. The second-order valence-electron chi connectivity index (χ2n) is 7.36. The van der Waals surface area contributed by atoms with E-state index in [1.54, 1.807) is 47.4 Å². The summed E-state index contributed by atoms with van der Waals surface area (Å²) in [5.74, 6) is 0.132. The number of nitrogens with zero attached hydrogens (tertiary/aromatic N) is 3. The average molecular weight is 439 g/mol. The van der Waals surface area contributed by atoms with Gasteiger partial charge in [0.05, 0.1) is 12.5 Å². The lowest BCUT2D eigenvalue weighted by Gasteiger charge is -2.34. The quantitative estimate of drug-likeness (QED) is 0.768. The zero-order valence-corrected chi connectivity index (χ0v) is 17.6. The second kappa shape index (κ2) is 8.88. The summed E-state index contributed by atoms with van der Waals surface area (Å²) < 4.78 is 33.6. The van der Waals surface area contributed by atoms with Crippen LogP contribution in [0.3, 0.4) is 0 Å². The summed E-state index contributed by atoms with van der Waals surface area (Å²) in [5, 5.41) is 12.0. The first-order chi connectivity index (χ1) is 15.0. The highest BCUT2D eigenvalue weighted by molar-refractivity contribution is 7.90. The van der Waals surface area contributed by atoms with E-state index in [0.29, 0.717) is 36.6 Å². The number of amidine groups is 1. The molecule has 0 aliphatic carbocycles. The number of ether oxygens (including phenoxy) is 1. The Morgan fingerprint density at radius 3 is 2.58 bits per heavy atom. The van der Waals surface area contributed by atoms with Gasteiger partial charge in [-0.1, -0.05) is 12.1 Å². The van der Waals surface area contributed by atoms with Crippen LogP contribution in [0.15, 0.2) is 57.8 Å². The number of nitrogens with one attached hydrogen (secondary N) is 1. The zero-order valence-electron chi connectivity index (χ0n) is 16.8. The molecule has 1 saturated heterocycles. The first-order valence-electron chi connectivity index (χ1n) is 10.1. The van der Waals surface area contributed by atoms with Crippen molar-refractivity contribution in [2.75, 3.05) is 25.1 Å². The molecule has 0 spiro atoms. The van der Waals surface area contributed by atoms with Gasteiger partial charge >= 0.3 is 0 Å². The number of benzene rings is 2. The molecular weight excluding hydrogens is 416 g/mol. The number of carbonyl (C=O) groups excluding carboxylic acids is 1. The third-order valence-corrected chi connectivity index (χ3v) is 6.72. The van der Waals surface area contributed by atoms with Gasteiger partial charge in [-0.05, 0) is 49.2 Å². The lowest BCUT2D eigenvalue weighted by molar-refractivity contribution is 0.0296. The Morgan fingerprint density at radius 1 is 1.16 bits per heavy atom. The van der Waals surface area contributed by atoms with Gasteiger partial charge in [-0.25, -0.2) is 0 Å². The van der Waals surface area contributed by atoms with Gasteiger partial charge in [0.2, 0.25) is 0 Å². The average Bonchev–Trinajstić information content (AvgIpc) is 3.05. The smallest absolute Gasteiger partial charge is 0.285 e. The van der Waals surface area contributed by atoms with Crippen LogP contribution in [0.1, 0.15) is 35.2 Å². The molecular formula is C22H22N4O4S. The molecule has 0 atom stereocenters. The maximum Gasteiger partial charge on any atom is 0.285 e. The molecule has 1 fully saturated rings. The van der Waals surface area contributed by atoms with E-state index >= 15 is 0 Å². The van der Waals surface area contributed by atoms with Gasteiger partial charge in [0, 0.05) is 42.6 Å². The molecule has 1 amide bonds. The maximum atomic E-state index is 13.1. The minimum atomic E-state index is -3.70. The molecule has 0 radical (unpaired) electrons. The first-order valence-corrected chi connectivity index (χ1v) is 11.5. The zero-order chi connectivity index (χ0) is 21.8. The van der Waals surface area contributed by atoms with Crippen molar-refractivity contribution >= 4 is 27.5 Å². The van der Waals surface area contributed by atoms with E-state index in [0.717, 1.165) is 12.8 Å². The summed E-state index contributed by atoms with van der Waals surface area (Å²) in [7, 11) is -3.70. The number of fused-ring (bicyclic) bond motifs is 1. The molecule has 0 aromatic heterocycles. The number of hydrogen-bond donors (Lipinski definition) is 1. The van der Waals surface area contributed by atoms with Crippen molar-refractivity contribution in [2.24, 2.45) is 4.40 Å². The molecule has 0 saturated carbocycles. The molecule has 8 nitrogen and oxygen atoms in total. The largest absolute Gasteiger partial charge is 0.381 e. The summed E-state index contributed by atoms with van der Waals surface area (Å²) in [6.45, 7) is 1.60. The minimum Gasteiger partial charge on any atom is -0.381 e. The Kier molecular flexibility index (Phi) is 6.02. The molecule has 2 aliphatic rings. The molecule has 4 rings (SSSR count). The van der Waals surface area contributed by atoms with Gasteiger partial charge in [0.1, 0.15) is 4.90 Å². The lowest BCUT2D eigenvalue weighted by atomic mass is 10.0. The van der Waals surface area contributed by atoms with Crippen molar-refractivity contribution in [3.63, 3.8) is 0 Å². The van der Waals surface area contributed by atoms with E-state index in [-0.39, 0.29) is 29.1 Å². The fourth-order valence-electron chi connectivity index (χ4n) is 3.81. The minimum absolute atomic E-state index is 0.0574. The van der Waals surface area contributed by atoms with Gasteiger partial charge in [-0.15, -0.1) is 4.40 Å². The van der Waals surface area contributed by atoms with Crippen molar-refractivity contribution in [3.05, 3.63) is 59.7 Å². The van der Waals surface area contributed by atoms with Crippen molar-refractivity contribution in [1.29, 1.82) is 5.26 Å². The van der Waals surface area contributed by atoms with Crippen LogP contribution in [0.4, 0.5) is 5.69 Å².